The van der Waals surface area contributed by atoms with Crippen LogP contribution in [0.4, 0.5) is 21.9 Å². The topological polar surface area (TPSA) is 123 Å². The number of aryl methyl sites for hydroxylation is 1. The van der Waals surface area contributed by atoms with Gasteiger partial charge in [-0.3, -0.25) is 10.1 Å². The average Bonchev–Trinajstić information content (AvgIpc) is 2.87. The van der Waals surface area contributed by atoms with Gasteiger partial charge in [-0.25, -0.2) is 4.79 Å². The Morgan fingerprint density at radius 1 is 1.00 bits per heavy atom. The third kappa shape index (κ3) is 7.61. The molecule has 0 spiro atoms. The number of para-hydroxylation sites is 3. The highest BCUT2D eigenvalue weighted by Gasteiger charge is 2.25. The summed E-state index contributed by atoms with van der Waals surface area (Å²) in [6.45, 7) is 3.71. The number of rotatable bonds is 10. The number of aliphatic hydroxyl groups is 1. The van der Waals surface area contributed by atoms with Gasteiger partial charge < -0.3 is 25.6 Å². The van der Waals surface area contributed by atoms with Gasteiger partial charge in [0.25, 0.3) is 0 Å². The highest BCUT2D eigenvalue weighted by atomic mass is 16.6. The third-order valence-electron chi connectivity index (χ3n) is 5.35. The molecule has 0 saturated carbocycles. The lowest BCUT2D eigenvalue weighted by molar-refractivity contribution is -0.111. The molecule has 0 aliphatic rings. The van der Waals surface area contributed by atoms with Crippen molar-refractivity contribution in [3.05, 3.63) is 96.1 Å². The second-order valence-electron chi connectivity index (χ2n) is 8.22. The summed E-state index contributed by atoms with van der Waals surface area (Å²) in [4.78, 5) is 25.3. The Morgan fingerprint density at radius 3 is 2.42 bits per heavy atom. The molecule has 5 N–H and O–H groups in total. The van der Waals surface area contributed by atoms with Gasteiger partial charge in [0, 0.05) is 17.2 Å². The van der Waals surface area contributed by atoms with Crippen LogP contribution in [0, 0.1) is 12.8 Å². The first-order chi connectivity index (χ1) is 17.4. The first-order valence-electron chi connectivity index (χ1n) is 11.6. The van der Waals surface area contributed by atoms with E-state index in [9.17, 15) is 14.7 Å². The Balaban J connectivity index is 1.80. The minimum Gasteiger partial charge on any atom is -0.491 e. The molecule has 8 heteroatoms. The van der Waals surface area contributed by atoms with Crippen LogP contribution in [0.1, 0.15) is 24.2 Å². The molecule has 3 rings (SSSR count). The number of nitrogens with one attached hydrogen (secondary N) is 2. The lowest BCUT2D eigenvalue weighted by atomic mass is 9.95. The van der Waals surface area contributed by atoms with Crippen molar-refractivity contribution in [2.75, 3.05) is 29.6 Å². The Bertz CT molecular complexity index is 1190. The maximum Gasteiger partial charge on any atom is 0.412 e. The van der Waals surface area contributed by atoms with E-state index >= 15 is 0 Å². The van der Waals surface area contributed by atoms with E-state index < -0.39 is 18.1 Å². The normalized spacial score (nSPS) is 12.5. The van der Waals surface area contributed by atoms with Gasteiger partial charge in [-0.15, -0.1) is 0 Å². The van der Waals surface area contributed by atoms with Crippen molar-refractivity contribution < 1.29 is 24.2 Å². The molecule has 0 radical (unpaired) electrons. The molecule has 2 amide bonds. The lowest BCUT2D eigenvalue weighted by Crippen LogP contribution is -2.22. The average molecular weight is 490 g/mol. The smallest absolute Gasteiger partial charge is 0.412 e. The number of ether oxygens (including phenoxy) is 2. The first kappa shape index (κ1) is 26.3. The maximum atomic E-state index is 12.8. The highest BCUT2D eigenvalue weighted by molar-refractivity contribution is 6.01. The second kappa shape index (κ2) is 13.0. The number of hydrogen-bond acceptors (Lipinski definition) is 6. The van der Waals surface area contributed by atoms with E-state index in [0.29, 0.717) is 28.4 Å². The molecular formula is C28H31N3O5. The zero-order valence-electron chi connectivity index (χ0n) is 20.3. The molecule has 188 valence electrons. The second-order valence-corrected chi connectivity index (χ2v) is 8.22. The molecule has 0 aliphatic heterocycles. The Hall–Kier alpha value is -4.30. The number of benzene rings is 3. The van der Waals surface area contributed by atoms with Crippen LogP contribution >= 0.6 is 0 Å². The van der Waals surface area contributed by atoms with E-state index in [1.165, 1.54) is 6.08 Å². The molecule has 0 bridgehead atoms. The van der Waals surface area contributed by atoms with E-state index in [1.807, 2.05) is 26.0 Å². The van der Waals surface area contributed by atoms with E-state index in [1.54, 1.807) is 66.7 Å². The standard InChI is InChI=1S/C28H31N3O5/c1-19-11-14-21(15-12-19)30-28(34)36-27(22-7-3-6-10-25(22)35-18-17-32)20(2)13-16-26(33)31-24-9-5-4-8-23(24)29/h3-16,20,27,32H,17-18,29H2,1-2H3,(H,30,34)(H,31,33)/b16-13+/t20-,27-/m0/s1. The minimum atomic E-state index is -0.781. The Labute approximate surface area is 210 Å². The number of aliphatic hydroxyl groups excluding tert-OH is 1. The van der Waals surface area contributed by atoms with Crippen LogP contribution in [0.3, 0.4) is 0 Å². The predicted molar refractivity (Wildman–Crippen MR) is 141 cm³/mol. The number of amides is 2. The summed E-state index contributed by atoms with van der Waals surface area (Å²) in [6, 6.07) is 21.4. The summed E-state index contributed by atoms with van der Waals surface area (Å²) in [6.07, 6.45) is 1.60. The van der Waals surface area contributed by atoms with Gasteiger partial charge in [-0.2, -0.15) is 0 Å². The van der Waals surface area contributed by atoms with Crippen LogP contribution in [0.2, 0.25) is 0 Å². The summed E-state index contributed by atoms with van der Waals surface area (Å²) < 4.78 is 11.5. The zero-order valence-corrected chi connectivity index (χ0v) is 20.3. The van der Waals surface area contributed by atoms with Crippen LogP contribution in [0.5, 0.6) is 5.75 Å². The molecule has 0 aliphatic carbocycles. The fraction of sp³-hybridized carbons (Fsp3) is 0.214. The molecule has 3 aromatic rings. The number of nitrogen functional groups attached to an aromatic ring is 1. The fourth-order valence-electron chi connectivity index (χ4n) is 3.48. The summed E-state index contributed by atoms with van der Waals surface area (Å²) in [5.74, 6) is -0.305. The van der Waals surface area contributed by atoms with Crippen LogP contribution in [0.25, 0.3) is 0 Å². The van der Waals surface area contributed by atoms with Crippen molar-refractivity contribution in [3.63, 3.8) is 0 Å². The maximum absolute atomic E-state index is 12.8. The van der Waals surface area contributed by atoms with Crippen LogP contribution < -0.4 is 21.1 Å². The van der Waals surface area contributed by atoms with E-state index in [2.05, 4.69) is 10.6 Å². The van der Waals surface area contributed by atoms with Gasteiger partial charge in [0.05, 0.1) is 18.0 Å². The molecule has 0 unspecified atom stereocenters. The molecule has 3 aromatic carbocycles. The number of anilines is 3. The van der Waals surface area contributed by atoms with E-state index in [0.717, 1.165) is 5.56 Å². The molecule has 0 heterocycles. The van der Waals surface area contributed by atoms with Crippen LogP contribution in [0.15, 0.2) is 84.9 Å². The van der Waals surface area contributed by atoms with Crippen molar-refractivity contribution in [3.8, 4) is 5.75 Å². The Morgan fingerprint density at radius 2 is 1.69 bits per heavy atom. The van der Waals surface area contributed by atoms with Crippen LogP contribution in [-0.4, -0.2) is 30.3 Å². The fourth-order valence-corrected chi connectivity index (χ4v) is 3.48. The van der Waals surface area contributed by atoms with Gasteiger partial charge in [0.2, 0.25) is 5.91 Å². The zero-order chi connectivity index (χ0) is 25.9. The third-order valence-corrected chi connectivity index (χ3v) is 5.35. The SMILES string of the molecule is Cc1ccc(NC(=O)O[C@H](c2ccccc2OCCO)[C@@H](C)/C=C/C(=O)Nc2ccccc2N)cc1. The quantitative estimate of drug-likeness (QED) is 0.233. The van der Waals surface area contributed by atoms with Crippen molar-refractivity contribution >= 4 is 29.1 Å². The molecule has 0 saturated heterocycles. The van der Waals surface area contributed by atoms with Crippen molar-refractivity contribution in [1.82, 2.24) is 0 Å². The van der Waals surface area contributed by atoms with Gasteiger partial charge in [0.15, 0.2) is 0 Å². The molecule has 36 heavy (non-hydrogen) atoms. The lowest BCUT2D eigenvalue weighted by Gasteiger charge is -2.25. The number of hydrogen-bond donors (Lipinski definition) is 4. The molecule has 0 fully saturated rings. The summed E-state index contributed by atoms with van der Waals surface area (Å²) in [5, 5.41) is 14.7. The van der Waals surface area contributed by atoms with Crippen molar-refractivity contribution in [1.29, 1.82) is 0 Å². The van der Waals surface area contributed by atoms with Gasteiger partial charge in [-0.1, -0.05) is 61.0 Å². The molecular weight excluding hydrogens is 458 g/mol. The van der Waals surface area contributed by atoms with Crippen LogP contribution in [-0.2, 0) is 9.53 Å². The van der Waals surface area contributed by atoms with Gasteiger partial charge in [0.1, 0.15) is 18.5 Å². The number of carbonyl (C=O) groups excluding carboxylic acids is 2. The van der Waals surface area contributed by atoms with Gasteiger partial charge >= 0.3 is 6.09 Å². The highest BCUT2D eigenvalue weighted by Crippen LogP contribution is 2.34. The Kier molecular flexibility index (Phi) is 9.48. The van der Waals surface area contributed by atoms with Crippen molar-refractivity contribution in [2.24, 2.45) is 5.92 Å². The monoisotopic (exact) mass is 489 g/mol. The number of carbonyl (C=O) groups is 2. The summed E-state index contributed by atoms with van der Waals surface area (Å²) in [5.41, 5.74) is 9.13. The van der Waals surface area contributed by atoms with Crippen molar-refractivity contribution in [2.45, 2.75) is 20.0 Å². The predicted octanol–water partition coefficient (Wildman–Crippen LogP) is 5.07. The van der Waals surface area contributed by atoms with E-state index in [4.69, 9.17) is 15.2 Å². The summed E-state index contributed by atoms with van der Waals surface area (Å²) >= 11 is 0. The minimum absolute atomic E-state index is 0.0877. The largest absolute Gasteiger partial charge is 0.491 e. The first-order valence-corrected chi connectivity index (χ1v) is 11.6. The molecule has 2 atom stereocenters. The van der Waals surface area contributed by atoms with E-state index in [-0.39, 0.29) is 19.1 Å². The van der Waals surface area contributed by atoms with Gasteiger partial charge in [-0.05, 0) is 43.3 Å². The molecule has 8 nitrogen and oxygen atoms in total. The number of nitrogens with two attached hydrogens (primary N) is 1. The molecule has 0 aromatic heterocycles. The summed E-state index contributed by atoms with van der Waals surface area (Å²) in [7, 11) is 0.